The molecular formula is C5H12N2. The summed E-state index contributed by atoms with van der Waals surface area (Å²) in [6, 6.07) is 0. The SMILES string of the molecule is C=CC(C)=N.CN. The molecule has 2 nitrogen and oxygen atoms in total. The molecule has 0 fully saturated rings. The van der Waals surface area contributed by atoms with Gasteiger partial charge < -0.3 is 11.1 Å². The van der Waals surface area contributed by atoms with Crippen LogP contribution in [0.15, 0.2) is 12.7 Å². The van der Waals surface area contributed by atoms with E-state index in [9.17, 15) is 0 Å². The topological polar surface area (TPSA) is 49.9 Å². The average molecular weight is 100 g/mol. The van der Waals surface area contributed by atoms with E-state index in [1.807, 2.05) is 0 Å². The van der Waals surface area contributed by atoms with Crippen LogP contribution in [-0.2, 0) is 0 Å². The van der Waals surface area contributed by atoms with Crippen molar-refractivity contribution < 1.29 is 0 Å². The van der Waals surface area contributed by atoms with Gasteiger partial charge in [0.25, 0.3) is 0 Å². The van der Waals surface area contributed by atoms with Crippen molar-refractivity contribution in [2.45, 2.75) is 6.92 Å². The van der Waals surface area contributed by atoms with Crippen molar-refractivity contribution >= 4 is 5.71 Å². The molecule has 0 amide bonds. The maximum absolute atomic E-state index is 6.62. The van der Waals surface area contributed by atoms with Gasteiger partial charge in [0.1, 0.15) is 0 Å². The summed E-state index contributed by atoms with van der Waals surface area (Å²) in [5.74, 6) is 0. The molecule has 3 N–H and O–H groups in total. The first kappa shape index (κ1) is 9.62. The maximum Gasteiger partial charge on any atom is 0.0277 e. The fourth-order valence-electron chi connectivity index (χ4n) is 0. The standard InChI is InChI=1S/C4H7N.CH5N/c1-3-4(2)5;1-2/h3,5H,1H2,2H3;2H2,1H3. The van der Waals surface area contributed by atoms with E-state index in [0.717, 1.165) is 0 Å². The van der Waals surface area contributed by atoms with E-state index in [2.05, 4.69) is 12.3 Å². The number of hydrogen-bond acceptors (Lipinski definition) is 2. The van der Waals surface area contributed by atoms with Crippen LogP contribution in [0, 0.1) is 5.41 Å². The molecule has 0 saturated heterocycles. The van der Waals surface area contributed by atoms with Crippen molar-refractivity contribution in [3.63, 3.8) is 0 Å². The highest BCUT2D eigenvalue weighted by atomic mass is 14.4. The number of allylic oxidation sites excluding steroid dienone is 1. The second-order valence-electron chi connectivity index (χ2n) is 0.887. The van der Waals surface area contributed by atoms with Crippen LogP contribution >= 0.6 is 0 Å². The molecule has 0 unspecified atom stereocenters. The minimum Gasteiger partial charge on any atom is -0.333 e. The Morgan fingerprint density at radius 2 is 1.86 bits per heavy atom. The predicted molar refractivity (Wildman–Crippen MR) is 33.7 cm³/mol. The highest BCUT2D eigenvalue weighted by Crippen LogP contribution is 1.62. The van der Waals surface area contributed by atoms with Gasteiger partial charge in [-0.15, -0.1) is 0 Å². The Morgan fingerprint density at radius 1 is 1.71 bits per heavy atom. The van der Waals surface area contributed by atoms with Crippen molar-refractivity contribution in [1.29, 1.82) is 5.41 Å². The summed E-state index contributed by atoms with van der Waals surface area (Å²) < 4.78 is 0. The highest BCUT2D eigenvalue weighted by Gasteiger charge is 1.62. The predicted octanol–water partition coefficient (Wildman–Crippen LogP) is 0.787. The zero-order valence-corrected chi connectivity index (χ0v) is 4.86. The highest BCUT2D eigenvalue weighted by molar-refractivity contribution is 5.89. The van der Waals surface area contributed by atoms with Crippen molar-refractivity contribution in [2.24, 2.45) is 5.73 Å². The molecule has 7 heavy (non-hydrogen) atoms. The van der Waals surface area contributed by atoms with Gasteiger partial charge in [-0.05, 0) is 20.0 Å². The Balaban J connectivity index is 0. The minimum absolute atomic E-state index is 0.519. The molecule has 0 bridgehead atoms. The molecule has 0 aromatic heterocycles. The van der Waals surface area contributed by atoms with Gasteiger partial charge in [0.15, 0.2) is 0 Å². The summed E-state index contributed by atoms with van der Waals surface area (Å²) in [6.07, 6.45) is 1.50. The van der Waals surface area contributed by atoms with Crippen LogP contribution in [0.25, 0.3) is 0 Å². The van der Waals surface area contributed by atoms with E-state index in [-0.39, 0.29) is 0 Å². The third kappa shape index (κ3) is 32.5. The van der Waals surface area contributed by atoms with E-state index >= 15 is 0 Å². The van der Waals surface area contributed by atoms with Crippen LogP contribution < -0.4 is 5.73 Å². The van der Waals surface area contributed by atoms with Gasteiger partial charge in [0.2, 0.25) is 0 Å². The summed E-state index contributed by atoms with van der Waals surface area (Å²) in [5, 5.41) is 6.62. The molecule has 0 saturated carbocycles. The second kappa shape index (κ2) is 9.03. The molecule has 0 heterocycles. The van der Waals surface area contributed by atoms with Crippen molar-refractivity contribution in [3.05, 3.63) is 12.7 Å². The van der Waals surface area contributed by atoms with Crippen LogP contribution in [0.4, 0.5) is 0 Å². The normalized spacial score (nSPS) is 5.57. The first-order valence-corrected chi connectivity index (χ1v) is 2.02. The molecule has 0 aromatic carbocycles. The summed E-state index contributed by atoms with van der Waals surface area (Å²) in [6.45, 7) is 5.02. The monoisotopic (exact) mass is 100 g/mol. The van der Waals surface area contributed by atoms with Crippen LogP contribution in [0.1, 0.15) is 6.92 Å². The third-order valence-corrected chi connectivity index (χ3v) is 0.306. The van der Waals surface area contributed by atoms with Crippen molar-refractivity contribution in [3.8, 4) is 0 Å². The summed E-state index contributed by atoms with van der Waals surface area (Å²) in [7, 11) is 1.50. The lowest BCUT2D eigenvalue weighted by molar-refractivity contribution is 1.48. The molecule has 0 aliphatic rings. The Morgan fingerprint density at radius 3 is 1.86 bits per heavy atom. The number of hydrogen-bond donors (Lipinski definition) is 2. The Labute approximate surface area is 44.5 Å². The van der Waals surface area contributed by atoms with Crippen molar-refractivity contribution in [1.82, 2.24) is 0 Å². The lowest BCUT2D eigenvalue weighted by atomic mass is 10.4. The van der Waals surface area contributed by atoms with Gasteiger partial charge in [0, 0.05) is 5.71 Å². The number of rotatable bonds is 1. The molecule has 0 spiro atoms. The quantitative estimate of drug-likeness (QED) is 0.470. The van der Waals surface area contributed by atoms with Crippen LogP contribution in [0.5, 0.6) is 0 Å². The summed E-state index contributed by atoms with van der Waals surface area (Å²) in [5.41, 5.74) is 5.02. The lowest BCUT2D eigenvalue weighted by Crippen LogP contribution is -1.72. The first-order valence-electron chi connectivity index (χ1n) is 2.02. The lowest BCUT2D eigenvalue weighted by Gasteiger charge is -1.69. The van der Waals surface area contributed by atoms with E-state index < -0.39 is 0 Å². The van der Waals surface area contributed by atoms with Gasteiger partial charge in [-0.25, -0.2) is 0 Å². The smallest absolute Gasteiger partial charge is 0.0277 e. The molecule has 0 rings (SSSR count). The summed E-state index contributed by atoms with van der Waals surface area (Å²) in [4.78, 5) is 0. The number of nitrogens with two attached hydrogens (primary N) is 1. The molecule has 0 radical (unpaired) electrons. The Hall–Kier alpha value is -0.630. The van der Waals surface area contributed by atoms with E-state index in [0.29, 0.717) is 5.71 Å². The minimum atomic E-state index is 0.519. The Kier molecular flexibility index (Phi) is 12.4. The maximum atomic E-state index is 6.62. The van der Waals surface area contributed by atoms with Crippen LogP contribution in [0.2, 0.25) is 0 Å². The third-order valence-electron chi connectivity index (χ3n) is 0.306. The van der Waals surface area contributed by atoms with Crippen molar-refractivity contribution in [2.75, 3.05) is 7.05 Å². The van der Waals surface area contributed by atoms with Gasteiger partial charge in [-0.1, -0.05) is 6.58 Å². The summed E-state index contributed by atoms with van der Waals surface area (Å²) >= 11 is 0. The first-order chi connectivity index (χ1) is 3.27. The zero-order valence-electron chi connectivity index (χ0n) is 4.86. The molecule has 2 heteroatoms. The van der Waals surface area contributed by atoms with E-state index in [1.165, 1.54) is 13.1 Å². The average Bonchev–Trinajstić information content (AvgIpc) is 1.73. The zero-order chi connectivity index (χ0) is 6.28. The molecular weight excluding hydrogens is 88.1 g/mol. The molecule has 0 aliphatic heterocycles. The van der Waals surface area contributed by atoms with Crippen LogP contribution in [-0.4, -0.2) is 12.8 Å². The fraction of sp³-hybridized carbons (Fsp3) is 0.400. The second-order valence-corrected chi connectivity index (χ2v) is 0.887. The van der Waals surface area contributed by atoms with E-state index in [4.69, 9.17) is 5.41 Å². The van der Waals surface area contributed by atoms with Gasteiger partial charge in [-0.2, -0.15) is 0 Å². The van der Waals surface area contributed by atoms with E-state index in [1.54, 1.807) is 6.92 Å². The van der Waals surface area contributed by atoms with Crippen LogP contribution in [0.3, 0.4) is 0 Å². The Bertz CT molecular complexity index is 57.1. The van der Waals surface area contributed by atoms with Gasteiger partial charge >= 0.3 is 0 Å². The molecule has 0 atom stereocenters. The molecule has 42 valence electrons. The molecule has 0 aromatic rings. The molecule has 0 aliphatic carbocycles. The van der Waals surface area contributed by atoms with Gasteiger partial charge in [0.05, 0.1) is 0 Å². The van der Waals surface area contributed by atoms with Gasteiger partial charge in [-0.3, -0.25) is 0 Å². The number of nitrogens with one attached hydrogen (secondary N) is 1. The largest absolute Gasteiger partial charge is 0.333 e. The fourth-order valence-corrected chi connectivity index (χ4v) is 0.